The van der Waals surface area contributed by atoms with Gasteiger partial charge in [0.05, 0.1) is 18.6 Å². The van der Waals surface area contributed by atoms with Crippen LogP contribution in [0.5, 0.6) is 5.75 Å². The number of likely N-dealkylation sites (N-methyl/N-ethyl adjacent to an activating group) is 1. The van der Waals surface area contributed by atoms with Gasteiger partial charge in [-0.05, 0) is 50.1 Å². The van der Waals surface area contributed by atoms with Gasteiger partial charge in [-0.1, -0.05) is 37.3 Å². The van der Waals surface area contributed by atoms with Crippen molar-refractivity contribution in [3.63, 3.8) is 0 Å². The van der Waals surface area contributed by atoms with Crippen molar-refractivity contribution in [3.05, 3.63) is 60.2 Å². The predicted octanol–water partition coefficient (Wildman–Crippen LogP) is 2.79. The van der Waals surface area contributed by atoms with Crippen LogP contribution in [0, 0.1) is 0 Å². The fourth-order valence-corrected chi connectivity index (χ4v) is 4.33. The molecule has 2 aromatic rings. The number of amides is 2. The van der Waals surface area contributed by atoms with E-state index in [9.17, 15) is 18.0 Å². The molecule has 0 heterocycles. The van der Waals surface area contributed by atoms with Crippen LogP contribution in [0.15, 0.2) is 54.6 Å². The predicted molar refractivity (Wildman–Crippen MR) is 130 cm³/mol. The molecule has 0 fully saturated rings. The van der Waals surface area contributed by atoms with Gasteiger partial charge >= 0.3 is 0 Å². The van der Waals surface area contributed by atoms with Gasteiger partial charge in [-0.25, -0.2) is 8.42 Å². The summed E-state index contributed by atoms with van der Waals surface area (Å²) in [7, 11) is -3.76. The lowest BCUT2D eigenvalue weighted by Crippen LogP contribution is -2.52. The second kappa shape index (κ2) is 12.2. The zero-order valence-corrected chi connectivity index (χ0v) is 20.5. The Bertz CT molecular complexity index is 1010. The van der Waals surface area contributed by atoms with Crippen LogP contribution in [-0.2, 0) is 26.2 Å². The molecule has 0 aliphatic heterocycles. The number of nitrogens with zero attached hydrogens (tertiary/aromatic N) is 2. The summed E-state index contributed by atoms with van der Waals surface area (Å²) in [5, 5.41) is 2.77. The van der Waals surface area contributed by atoms with Gasteiger partial charge in [-0.15, -0.1) is 0 Å². The van der Waals surface area contributed by atoms with E-state index in [0.717, 1.165) is 16.1 Å². The normalized spacial score (nSPS) is 12.0. The highest BCUT2D eigenvalue weighted by atomic mass is 32.2. The highest BCUT2D eigenvalue weighted by molar-refractivity contribution is 7.92. The first-order valence-corrected chi connectivity index (χ1v) is 12.9. The van der Waals surface area contributed by atoms with Crippen LogP contribution in [0.3, 0.4) is 0 Å². The molecule has 1 N–H and O–H groups in total. The Morgan fingerprint density at radius 2 is 1.64 bits per heavy atom. The third-order valence-corrected chi connectivity index (χ3v) is 6.19. The van der Waals surface area contributed by atoms with Crippen molar-refractivity contribution in [1.29, 1.82) is 0 Å². The Labute approximate surface area is 196 Å². The third kappa shape index (κ3) is 7.49. The van der Waals surface area contributed by atoms with E-state index >= 15 is 0 Å². The maximum absolute atomic E-state index is 13.5. The van der Waals surface area contributed by atoms with Crippen LogP contribution >= 0.6 is 0 Å². The van der Waals surface area contributed by atoms with Crippen molar-refractivity contribution < 1.29 is 22.7 Å². The molecule has 0 saturated carbocycles. The molecule has 2 amide bonds. The van der Waals surface area contributed by atoms with Gasteiger partial charge < -0.3 is 15.0 Å². The lowest BCUT2D eigenvalue weighted by Gasteiger charge is -2.32. The number of rotatable bonds is 12. The number of sulfonamides is 1. The SMILES string of the molecule is CCNC(=O)[C@@H](CC)N(Cc1ccccc1)C(=O)CN(c1ccc(OCC)cc1)S(C)(=O)=O. The fraction of sp³-hybridized carbons (Fsp3) is 0.417. The molecular formula is C24H33N3O5S. The molecular weight excluding hydrogens is 442 g/mol. The monoisotopic (exact) mass is 475 g/mol. The van der Waals surface area contributed by atoms with Crippen molar-refractivity contribution in [1.82, 2.24) is 10.2 Å². The zero-order chi connectivity index (χ0) is 24.4. The maximum Gasteiger partial charge on any atom is 0.244 e. The highest BCUT2D eigenvalue weighted by Crippen LogP contribution is 2.23. The Hall–Kier alpha value is -3.07. The Morgan fingerprint density at radius 3 is 2.15 bits per heavy atom. The van der Waals surface area contributed by atoms with E-state index in [1.807, 2.05) is 51.1 Å². The molecule has 33 heavy (non-hydrogen) atoms. The second-order valence-corrected chi connectivity index (χ2v) is 9.43. The van der Waals surface area contributed by atoms with Crippen molar-refractivity contribution in [2.24, 2.45) is 0 Å². The minimum absolute atomic E-state index is 0.191. The molecule has 0 saturated heterocycles. The summed E-state index contributed by atoms with van der Waals surface area (Å²) in [6.45, 7) is 6.18. The Kier molecular flexibility index (Phi) is 9.72. The largest absolute Gasteiger partial charge is 0.494 e. The van der Waals surface area contributed by atoms with Crippen LogP contribution in [0.4, 0.5) is 5.69 Å². The molecule has 0 aliphatic rings. The van der Waals surface area contributed by atoms with E-state index < -0.39 is 28.5 Å². The number of hydrogen-bond donors (Lipinski definition) is 1. The lowest BCUT2D eigenvalue weighted by atomic mass is 10.1. The van der Waals surface area contributed by atoms with E-state index in [1.54, 1.807) is 24.3 Å². The van der Waals surface area contributed by atoms with Gasteiger partial charge in [0.25, 0.3) is 0 Å². The van der Waals surface area contributed by atoms with Crippen LogP contribution in [0.25, 0.3) is 0 Å². The number of ether oxygens (including phenoxy) is 1. The number of carbonyl (C=O) groups is 2. The smallest absolute Gasteiger partial charge is 0.244 e. The third-order valence-electron chi connectivity index (χ3n) is 5.05. The molecule has 0 unspecified atom stereocenters. The summed E-state index contributed by atoms with van der Waals surface area (Å²) in [6, 6.07) is 15.1. The van der Waals surface area contributed by atoms with E-state index in [0.29, 0.717) is 31.0 Å². The first-order valence-electron chi connectivity index (χ1n) is 11.0. The van der Waals surface area contributed by atoms with E-state index in [4.69, 9.17) is 4.74 Å². The van der Waals surface area contributed by atoms with Crippen molar-refractivity contribution in [3.8, 4) is 5.75 Å². The first-order chi connectivity index (χ1) is 15.7. The Morgan fingerprint density at radius 1 is 1.00 bits per heavy atom. The number of nitrogens with one attached hydrogen (secondary N) is 1. The van der Waals surface area contributed by atoms with Crippen LogP contribution in [0.1, 0.15) is 32.8 Å². The van der Waals surface area contributed by atoms with Crippen LogP contribution < -0.4 is 14.4 Å². The van der Waals surface area contributed by atoms with E-state index in [-0.39, 0.29) is 12.5 Å². The first kappa shape index (κ1) is 26.2. The molecule has 2 aromatic carbocycles. The average Bonchev–Trinajstić information content (AvgIpc) is 2.78. The van der Waals surface area contributed by atoms with Crippen LogP contribution in [0.2, 0.25) is 0 Å². The van der Waals surface area contributed by atoms with E-state index in [1.165, 1.54) is 4.90 Å². The molecule has 180 valence electrons. The molecule has 1 atom stereocenters. The summed E-state index contributed by atoms with van der Waals surface area (Å²) in [4.78, 5) is 27.6. The van der Waals surface area contributed by atoms with Gasteiger partial charge in [0.15, 0.2) is 0 Å². The van der Waals surface area contributed by atoms with Crippen molar-refractivity contribution >= 4 is 27.5 Å². The number of carbonyl (C=O) groups excluding carboxylic acids is 2. The maximum atomic E-state index is 13.5. The summed E-state index contributed by atoms with van der Waals surface area (Å²) in [6.07, 6.45) is 1.45. The molecule has 9 heteroatoms. The summed E-state index contributed by atoms with van der Waals surface area (Å²) in [5.74, 6) is -0.124. The minimum atomic E-state index is -3.76. The molecule has 8 nitrogen and oxygen atoms in total. The lowest BCUT2D eigenvalue weighted by molar-refractivity contribution is -0.140. The summed E-state index contributed by atoms with van der Waals surface area (Å²) in [5.41, 5.74) is 1.19. The highest BCUT2D eigenvalue weighted by Gasteiger charge is 2.31. The number of hydrogen-bond acceptors (Lipinski definition) is 5. The van der Waals surface area contributed by atoms with Gasteiger partial charge in [0.2, 0.25) is 21.8 Å². The molecule has 0 aromatic heterocycles. The number of anilines is 1. The zero-order valence-electron chi connectivity index (χ0n) is 19.7. The molecule has 0 aliphatic carbocycles. The standard InChI is InChI=1S/C24H33N3O5S/c1-5-22(24(29)25-6-2)26(17-19-11-9-8-10-12-19)23(28)18-27(33(4,30)31)20-13-15-21(16-14-20)32-7-3/h8-16,22H,5-7,17-18H2,1-4H3,(H,25,29)/t22-/m1/s1. The quantitative estimate of drug-likeness (QED) is 0.509. The van der Waals surface area contributed by atoms with Crippen LogP contribution in [-0.4, -0.2) is 57.1 Å². The fourth-order valence-electron chi connectivity index (χ4n) is 3.48. The van der Waals surface area contributed by atoms with Gasteiger partial charge in [0, 0.05) is 13.1 Å². The molecule has 0 bridgehead atoms. The second-order valence-electron chi connectivity index (χ2n) is 7.52. The average molecular weight is 476 g/mol. The molecule has 2 rings (SSSR count). The Balaban J connectivity index is 2.37. The van der Waals surface area contributed by atoms with Gasteiger partial charge in [0.1, 0.15) is 18.3 Å². The van der Waals surface area contributed by atoms with Gasteiger partial charge in [-0.3, -0.25) is 13.9 Å². The summed E-state index contributed by atoms with van der Waals surface area (Å²) < 4.78 is 31.6. The van der Waals surface area contributed by atoms with Gasteiger partial charge in [-0.2, -0.15) is 0 Å². The number of benzene rings is 2. The summed E-state index contributed by atoms with van der Waals surface area (Å²) >= 11 is 0. The van der Waals surface area contributed by atoms with Crippen molar-refractivity contribution in [2.75, 3.05) is 30.3 Å². The molecule has 0 spiro atoms. The molecule has 0 radical (unpaired) electrons. The van der Waals surface area contributed by atoms with E-state index in [2.05, 4.69) is 5.32 Å². The minimum Gasteiger partial charge on any atom is -0.494 e. The van der Waals surface area contributed by atoms with Crippen molar-refractivity contribution in [2.45, 2.75) is 39.8 Å². The topological polar surface area (TPSA) is 96.0 Å².